The van der Waals surface area contributed by atoms with Crippen LogP contribution in [0.4, 0.5) is 0 Å². The van der Waals surface area contributed by atoms with Crippen LogP contribution in [0.3, 0.4) is 0 Å². The van der Waals surface area contributed by atoms with E-state index in [9.17, 15) is 9.59 Å². The van der Waals surface area contributed by atoms with Gasteiger partial charge in [-0.2, -0.15) is 0 Å². The van der Waals surface area contributed by atoms with Crippen molar-refractivity contribution < 1.29 is 19.1 Å². The lowest BCUT2D eigenvalue weighted by molar-refractivity contribution is -0.146. The van der Waals surface area contributed by atoms with Crippen LogP contribution in [-0.2, 0) is 21.4 Å². The van der Waals surface area contributed by atoms with Gasteiger partial charge >= 0.3 is 5.97 Å². The van der Waals surface area contributed by atoms with Crippen molar-refractivity contribution >= 4 is 22.6 Å². The molecule has 0 aliphatic heterocycles. The molecule has 4 aromatic carbocycles. The average molecular weight is 601 g/mol. The molecule has 0 bridgehead atoms. The minimum absolute atomic E-state index is 0.0695. The quantitative estimate of drug-likeness (QED) is 0.150. The number of benzene rings is 4. The van der Waals surface area contributed by atoms with Crippen molar-refractivity contribution in [3.8, 4) is 22.6 Å². The van der Waals surface area contributed by atoms with Crippen molar-refractivity contribution in [2.45, 2.75) is 52.0 Å². The zero-order valence-corrected chi connectivity index (χ0v) is 26.6. The highest BCUT2D eigenvalue weighted by Gasteiger charge is 2.32. The van der Waals surface area contributed by atoms with Crippen LogP contribution in [0.1, 0.15) is 55.7 Å². The lowest BCUT2D eigenvalue weighted by Gasteiger charge is -2.29. The fourth-order valence-corrected chi connectivity index (χ4v) is 5.39. The van der Waals surface area contributed by atoms with E-state index in [1.165, 1.54) is 12.7 Å². The van der Waals surface area contributed by atoms with Crippen LogP contribution in [0, 0.1) is 0 Å². The summed E-state index contributed by atoms with van der Waals surface area (Å²) in [6.07, 6.45) is 2.69. The summed E-state index contributed by atoms with van der Waals surface area (Å²) < 4.78 is 11.3. The normalized spacial score (nSPS) is 12.0. The van der Waals surface area contributed by atoms with Crippen LogP contribution >= 0.6 is 0 Å². The maximum Gasteiger partial charge on any atom is 0.328 e. The number of esters is 1. The third-order valence-electron chi connectivity index (χ3n) is 7.93. The molecule has 6 nitrogen and oxygen atoms in total. The highest BCUT2D eigenvalue weighted by atomic mass is 16.5. The Morgan fingerprint density at radius 1 is 0.800 bits per heavy atom. The number of nitrogens with zero attached hydrogens (tertiary/aromatic N) is 2. The number of amides is 1. The average Bonchev–Trinajstić information content (AvgIpc) is 3.06. The molecule has 230 valence electrons. The standard InChI is InChI=1S/C39H40N2O4/c1-6-22-41(36(38(43)44-5)23-27-12-14-29(15-13-27)28-10-8-7-9-11-28)37(42)35-25-30-16-19-34(24-31(30)26-40-35)45-33-20-17-32(18-21-33)39(2,3)4/h7-21,24-26,36H,6,22-23H2,1-5H3. The Kier molecular flexibility index (Phi) is 9.62. The maximum absolute atomic E-state index is 13.9. The molecule has 0 spiro atoms. The van der Waals surface area contributed by atoms with E-state index in [2.05, 4.69) is 50.0 Å². The van der Waals surface area contributed by atoms with Crippen molar-refractivity contribution in [1.82, 2.24) is 9.88 Å². The first-order chi connectivity index (χ1) is 21.7. The Morgan fingerprint density at radius 2 is 1.47 bits per heavy atom. The monoisotopic (exact) mass is 600 g/mol. The summed E-state index contributed by atoms with van der Waals surface area (Å²) in [5.74, 6) is 0.667. The summed E-state index contributed by atoms with van der Waals surface area (Å²) in [5, 5.41) is 1.70. The van der Waals surface area contributed by atoms with Crippen LogP contribution in [0.5, 0.6) is 11.5 Å². The van der Waals surface area contributed by atoms with E-state index in [1.54, 1.807) is 17.2 Å². The van der Waals surface area contributed by atoms with Gasteiger partial charge in [0.25, 0.3) is 5.91 Å². The molecule has 1 heterocycles. The molecule has 1 unspecified atom stereocenters. The smallest absolute Gasteiger partial charge is 0.328 e. The van der Waals surface area contributed by atoms with Gasteiger partial charge in [-0.3, -0.25) is 9.78 Å². The van der Waals surface area contributed by atoms with Gasteiger partial charge in [-0.25, -0.2) is 4.79 Å². The molecule has 0 aliphatic carbocycles. The van der Waals surface area contributed by atoms with Crippen LogP contribution in [0.15, 0.2) is 109 Å². The second kappa shape index (κ2) is 13.8. The molecule has 0 saturated carbocycles. The third-order valence-corrected chi connectivity index (χ3v) is 7.93. The van der Waals surface area contributed by atoms with E-state index >= 15 is 0 Å². The molecule has 1 atom stereocenters. The SMILES string of the molecule is CCCN(C(=O)c1cc2ccc(Oc3ccc(C(C)(C)C)cc3)cc2cn1)C(Cc1ccc(-c2ccccc2)cc1)C(=O)OC. The molecule has 0 N–H and O–H groups in total. The Bertz CT molecular complexity index is 1760. The van der Waals surface area contributed by atoms with Gasteiger partial charge in [0, 0.05) is 24.5 Å². The van der Waals surface area contributed by atoms with Crippen molar-refractivity contribution in [1.29, 1.82) is 0 Å². The minimum atomic E-state index is -0.789. The predicted molar refractivity (Wildman–Crippen MR) is 180 cm³/mol. The molecule has 0 saturated heterocycles. The maximum atomic E-state index is 13.9. The molecule has 0 radical (unpaired) electrons. The van der Waals surface area contributed by atoms with Gasteiger partial charge in [0.1, 0.15) is 23.2 Å². The van der Waals surface area contributed by atoms with Gasteiger partial charge < -0.3 is 14.4 Å². The molecule has 45 heavy (non-hydrogen) atoms. The summed E-state index contributed by atoms with van der Waals surface area (Å²) >= 11 is 0. The zero-order valence-electron chi connectivity index (χ0n) is 26.6. The summed E-state index contributed by atoms with van der Waals surface area (Å²) in [5.41, 5.74) is 4.72. The lowest BCUT2D eigenvalue weighted by Crippen LogP contribution is -2.47. The fourth-order valence-electron chi connectivity index (χ4n) is 5.39. The van der Waals surface area contributed by atoms with E-state index in [0.717, 1.165) is 33.2 Å². The Labute approximate surface area is 265 Å². The molecular weight excluding hydrogens is 560 g/mol. The highest BCUT2D eigenvalue weighted by Crippen LogP contribution is 2.29. The first kappa shape index (κ1) is 31.5. The number of aromatic nitrogens is 1. The summed E-state index contributed by atoms with van der Waals surface area (Å²) in [4.78, 5) is 33.1. The van der Waals surface area contributed by atoms with Crippen LogP contribution < -0.4 is 4.74 Å². The lowest BCUT2D eigenvalue weighted by atomic mass is 9.87. The number of ether oxygens (including phenoxy) is 2. The minimum Gasteiger partial charge on any atom is -0.467 e. The number of pyridine rings is 1. The first-order valence-corrected chi connectivity index (χ1v) is 15.4. The third kappa shape index (κ3) is 7.58. The number of rotatable bonds is 10. The first-order valence-electron chi connectivity index (χ1n) is 15.4. The Morgan fingerprint density at radius 3 is 2.11 bits per heavy atom. The fraction of sp³-hybridized carbons (Fsp3) is 0.256. The van der Waals surface area contributed by atoms with Crippen LogP contribution in [-0.4, -0.2) is 41.5 Å². The van der Waals surface area contributed by atoms with Crippen LogP contribution in [0.25, 0.3) is 21.9 Å². The number of carbonyl (C=O) groups is 2. The van der Waals surface area contributed by atoms with E-state index in [-0.39, 0.29) is 17.0 Å². The number of hydrogen-bond donors (Lipinski definition) is 0. The molecule has 1 aromatic heterocycles. The van der Waals surface area contributed by atoms with Gasteiger partial charge in [-0.1, -0.05) is 100 Å². The van der Waals surface area contributed by atoms with E-state index in [4.69, 9.17) is 9.47 Å². The number of carbonyl (C=O) groups excluding carboxylic acids is 2. The van der Waals surface area contributed by atoms with Crippen LogP contribution in [0.2, 0.25) is 0 Å². The largest absolute Gasteiger partial charge is 0.467 e. The Balaban J connectivity index is 1.35. The molecule has 0 aliphatic rings. The summed E-state index contributed by atoms with van der Waals surface area (Å²) in [6, 6.07) is 33.0. The number of methoxy groups -OCH3 is 1. The molecule has 1 amide bonds. The predicted octanol–water partition coefficient (Wildman–Crippen LogP) is 8.63. The van der Waals surface area contributed by atoms with Gasteiger partial charge in [-0.05, 0) is 69.8 Å². The number of fused-ring (bicyclic) bond motifs is 1. The van der Waals surface area contributed by atoms with Crippen molar-refractivity contribution in [2.24, 2.45) is 0 Å². The zero-order chi connectivity index (χ0) is 32.0. The van der Waals surface area contributed by atoms with E-state index in [0.29, 0.717) is 25.1 Å². The summed E-state index contributed by atoms with van der Waals surface area (Å²) in [7, 11) is 1.36. The van der Waals surface area contributed by atoms with Crippen molar-refractivity contribution in [3.05, 3.63) is 126 Å². The molecule has 0 fully saturated rings. The van der Waals surface area contributed by atoms with E-state index < -0.39 is 12.0 Å². The number of hydrogen-bond acceptors (Lipinski definition) is 5. The van der Waals surface area contributed by atoms with E-state index in [1.807, 2.05) is 79.7 Å². The van der Waals surface area contributed by atoms with Crippen molar-refractivity contribution in [3.63, 3.8) is 0 Å². The topological polar surface area (TPSA) is 68.7 Å². The molecule has 6 heteroatoms. The second-order valence-electron chi connectivity index (χ2n) is 12.3. The van der Waals surface area contributed by atoms with Gasteiger partial charge in [-0.15, -0.1) is 0 Å². The van der Waals surface area contributed by atoms with Gasteiger partial charge in [0.05, 0.1) is 7.11 Å². The molecular formula is C39H40N2O4. The van der Waals surface area contributed by atoms with Gasteiger partial charge in [0.2, 0.25) is 0 Å². The molecule has 5 aromatic rings. The second-order valence-corrected chi connectivity index (χ2v) is 12.3. The highest BCUT2D eigenvalue weighted by molar-refractivity contribution is 5.98. The van der Waals surface area contributed by atoms with Crippen molar-refractivity contribution in [2.75, 3.05) is 13.7 Å². The summed E-state index contributed by atoms with van der Waals surface area (Å²) in [6.45, 7) is 8.91. The van der Waals surface area contributed by atoms with Gasteiger partial charge in [0.15, 0.2) is 0 Å². The molecule has 5 rings (SSSR count). The Hall–Kier alpha value is -4.97.